The van der Waals surface area contributed by atoms with Crippen LogP contribution in [-0.2, 0) is 19.3 Å². The number of benzene rings is 1. The van der Waals surface area contributed by atoms with Crippen molar-refractivity contribution in [3.8, 4) is 6.07 Å². The number of alkyl halides is 3. The van der Waals surface area contributed by atoms with Crippen LogP contribution in [-0.4, -0.2) is 14.8 Å². The minimum Gasteiger partial charge on any atom is -0.378 e. The molecule has 1 N–H and O–H groups in total. The summed E-state index contributed by atoms with van der Waals surface area (Å²) in [6.45, 7) is 2.93. The second-order valence-electron chi connectivity index (χ2n) is 4.26. The molecule has 1 aromatic carbocycles. The third kappa shape index (κ3) is 3.31. The molecule has 0 spiro atoms. The quantitative estimate of drug-likeness (QED) is 0.942. The lowest BCUT2D eigenvalue weighted by atomic mass is 10.1. The van der Waals surface area contributed by atoms with Gasteiger partial charge >= 0.3 is 6.18 Å². The van der Waals surface area contributed by atoms with Crippen molar-refractivity contribution in [1.82, 2.24) is 14.8 Å². The first-order valence-electron chi connectivity index (χ1n) is 6.17. The SMILES string of the molecule is CCn1cnnc1CNc1ccc(C(F)(F)F)c(C#N)c1. The molecule has 21 heavy (non-hydrogen) atoms. The highest BCUT2D eigenvalue weighted by Gasteiger charge is 2.33. The standard InChI is InChI=1S/C13H12F3N5/c1-2-21-8-19-20-12(21)7-18-10-3-4-11(13(14,15)16)9(5-10)6-17/h3-5,8,18H,2,7H2,1H3. The molecule has 8 heteroatoms. The van der Waals surface area contributed by atoms with E-state index in [4.69, 9.17) is 5.26 Å². The molecule has 0 aliphatic rings. The van der Waals surface area contributed by atoms with Gasteiger partial charge in [-0.2, -0.15) is 18.4 Å². The summed E-state index contributed by atoms with van der Waals surface area (Å²) < 4.78 is 39.9. The van der Waals surface area contributed by atoms with Gasteiger partial charge in [-0.25, -0.2) is 0 Å². The van der Waals surface area contributed by atoms with Crippen LogP contribution in [0.4, 0.5) is 18.9 Å². The van der Waals surface area contributed by atoms with E-state index in [2.05, 4.69) is 15.5 Å². The van der Waals surface area contributed by atoms with Gasteiger partial charge in [-0.1, -0.05) is 0 Å². The zero-order valence-electron chi connectivity index (χ0n) is 11.1. The normalized spacial score (nSPS) is 11.2. The highest BCUT2D eigenvalue weighted by molar-refractivity contribution is 5.53. The van der Waals surface area contributed by atoms with Crippen molar-refractivity contribution in [2.75, 3.05) is 5.32 Å². The summed E-state index contributed by atoms with van der Waals surface area (Å²) in [6, 6.07) is 4.92. The Morgan fingerprint density at radius 1 is 1.38 bits per heavy atom. The average Bonchev–Trinajstić information content (AvgIpc) is 2.91. The van der Waals surface area contributed by atoms with Gasteiger partial charge in [-0.15, -0.1) is 10.2 Å². The number of anilines is 1. The van der Waals surface area contributed by atoms with Crippen molar-refractivity contribution in [2.45, 2.75) is 26.2 Å². The van der Waals surface area contributed by atoms with Crippen LogP contribution in [0.5, 0.6) is 0 Å². The molecule has 110 valence electrons. The van der Waals surface area contributed by atoms with E-state index in [-0.39, 0.29) is 0 Å². The number of nitriles is 1. The first kappa shape index (κ1) is 14.8. The van der Waals surface area contributed by atoms with Gasteiger partial charge in [0.1, 0.15) is 6.33 Å². The molecule has 0 unspecified atom stereocenters. The highest BCUT2D eigenvalue weighted by atomic mass is 19.4. The average molecular weight is 295 g/mol. The summed E-state index contributed by atoms with van der Waals surface area (Å²) in [7, 11) is 0. The van der Waals surface area contributed by atoms with Crippen LogP contribution in [0.15, 0.2) is 24.5 Å². The molecule has 2 aromatic rings. The minimum absolute atomic E-state index is 0.310. The summed E-state index contributed by atoms with van der Waals surface area (Å²) in [4.78, 5) is 0. The summed E-state index contributed by atoms with van der Waals surface area (Å²) >= 11 is 0. The van der Waals surface area contributed by atoms with Crippen LogP contribution in [0, 0.1) is 11.3 Å². The van der Waals surface area contributed by atoms with E-state index < -0.39 is 17.3 Å². The van der Waals surface area contributed by atoms with Crippen LogP contribution in [0.25, 0.3) is 0 Å². The number of hydrogen-bond donors (Lipinski definition) is 1. The van der Waals surface area contributed by atoms with Gasteiger partial charge in [0.15, 0.2) is 5.82 Å². The van der Waals surface area contributed by atoms with E-state index in [0.717, 1.165) is 6.07 Å². The lowest BCUT2D eigenvalue weighted by molar-refractivity contribution is -0.137. The summed E-state index contributed by atoms with van der Waals surface area (Å²) in [5, 5.41) is 19.4. The van der Waals surface area contributed by atoms with Gasteiger partial charge in [-0.05, 0) is 25.1 Å². The van der Waals surface area contributed by atoms with E-state index in [9.17, 15) is 13.2 Å². The van der Waals surface area contributed by atoms with Gasteiger partial charge in [0.2, 0.25) is 0 Å². The highest BCUT2D eigenvalue weighted by Crippen LogP contribution is 2.33. The molecule has 0 saturated carbocycles. The van der Waals surface area contributed by atoms with Gasteiger partial charge in [0.05, 0.1) is 23.7 Å². The lowest BCUT2D eigenvalue weighted by Crippen LogP contribution is -2.10. The molecule has 0 aliphatic carbocycles. The van der Waals surface area contributed by atoms with E-state index in [1.807, 2.05) is 11.5 Å². The van der Waals surface area contributed by atoms with Gasteiger partial charge < -0.3 is 9.88 Å². The minimum atomic E-state index is -4.54. The van der Waals surface area contributed by atoms with Crippen molar-refractivity contribution in [3.05, 3.63) is 41.5 Å². The topological polar surface area (TPSA) is 66.5 Å². The molecular formula is C13H12F3N5. The Morgan fingerprint density at radius 3 is 2.76 bits per heavy atom. The largest absolute Gasteiger partial charge is 0.417 e. The fourth-order valence-electron chi connectivity index (χ4n) is 1.85. The van der Waals surface area contributed by atoms with E-state index in [1.54, 1.807) is 12.4 Å². The third-order valence-electron chi connectivity index (χ3n) is 2.93. The Hall–Kier alpha value is -2.56. The van der Waals surface area contributed by atoms with E-state index in [0.29, 0.717) is 24.6 Å². The molecule has 0 fully saturated rings. The second-order valence-corrected chi connectivity index (χ2v) is 4.26. The van der Waals surface area contributed by atoms with Crippen molar-refractivity contribution in [2.24, 2.45) is 0 Å². The zero-order valence-corrected chi connectivity index (χ0v) is 11.1. The number of rotatable bonds is 4. The van der Waals surface area contributed by atoms with Crippen molar-refractivity contribution in [1.29, 1.82) is 5.26 Å². The van der Waals surface area contributed by atoms with E-state index >= 15 is 0 Å². The van der Waals surface area contributed by atoms with Gasteiger partial charge in [0.25, 0.3) is 0 Å². The Labute approximate surface area is 119 Å². The number of nitrogens with zero attached hydrogens (tertiary/aromatic N) is 4. The number of hydrogen-bond acceptors (Lipinski definition) is 4. The summed E-state index contributed by atoms with van der Waals surface area (Å²) in [5.41, 5.74) is -0.929. The molecule has 2 rings (SSSR count). The van der Waals surface area contributed by atoms with Crippen LogP contribution in [0.1, 0.15) is 23.9 Å². The number of aromatic nitrogens is 3. The van der Waals surface area contributed by atoms with Crippen molar-refractivity contribution >= 4 is 5.69 Å². The number of halogens is 3. The smallest absolute Gasteiger partial charge is 0.378 e. The molecule has 0 saturated heterocycles. The maximum atomic E-state index is 12.7. The molecule has 1 heterocycles. The maximum absolute atomic E-state index is 12.7. The Bertz CT molecular complexity index is 669. The number of nitrogens with one attached hydrogen (secondary N) is 1. The molecule has 0 bridgehead atoms. The van der Waals surface area contributed by atoms with Crippen LogP contribution in [0.2, 0.25) is 0 Å². The third-order valence-corrected chi connectivity index (χ3v) is 2.93. The van der Waals surface area contributed by atoms with Crippen LogP contribution in [0.3, 0.4) is 0 Å². The summed E-state index contributed by atoms with van der Waals surface area (Å²) in [5.74, 6) is 0.663. The molecule has 1 aromatic heterocycles. The summed E-state index contributed by atoms with van der Waals surface area (Å²) in [6.07, 6.45) is -2.96. The molecule has 0 radical (unpaired) electrons. The fraction of sp³-hybridized carbons (Fsp3) is 0.308. The zero-order chi connectivity index (χ0) is 15.5. The Balaban J connectivity index is 2.17. The fourth-order valence-corrected chi connectivity index (χ4v) is 1.85. The predicted octanol–water partition coefficient (Wildman–Crippen LogP) is 2.80. The van der Waals surface area contributed by atoms with Crippen molar-refractivity contribution < 1.29 is 13.2 Å². The molecule has 5 nitrogen and oxygen atoms in total. The molecule has 0 amide bonds. The van der Waals surface area contributed by atoms with Crippen molar-refractivity contribution in [3.63, 3.8) is 0 Å². The second kappa shape index (κ2) is 5.83. The number of aryl methyl sites for hydroxylation is 1. The monoisotopic (exact) mass is 295 g/mol. The maximum Gasteiger partial charge on any atom is 0.417 e. The molecule has 0 atom stereocenters. The van der Waals surface area contributed by atoms with Gasteiger partial charge in [0, 0.05) is 12.2 Å². The Kier molecular flexibility index (Phi) is 4.12. The lowest BCUT2D eigenvalue weighted by Gasteiger charge is -2.11. The first-order valence-corrected chi connectivity index (χ1v) is 6.17. The van der Waals surface area contributed by atoms with E-state index in [1.165, 1.54) is 12.1 Å². The Morgan fingerprint density at radius 2 is 2.14 bits per heavy atom. The molecule has 0 aliphatic heterocycles. The van der Waals surface area contributed by atoms with Crippen LogP contribution >= 0.6 is 0 Å². The molecular weight excluding hydrogens is 283 g/mol. The first-order chi connectivity index (χ1) is 9.95. The van der Waals surface area contributed by atoms with Crippen LogP contribution < -0.4 is 5.32 Å². The predicted molar refractivity (Wildman–Crippen MR) is 69.2 cm³/mol. The van der Waals surface area contributed by atoms with Gasteiger partial charge in [-0.3, -0.25) is 0 Å².